The minimum atomic E-state index is -3.10. The second-order valence-electron chi connectivity index (χ2n) is 5.88. The van der Waals surface area contributed by atoms with Crippen molar-refractivity contribution < 1.29 is 17.9 Å². The van der Waals surface area contributed by atoms with Crippen LogP contribution in [0.1, 0.15) is 6.42 Å². The lowest BCUT2D eigenvalue weighted by atomic mass is 10.2. The Morgan fingerprint density at radius 2 is 1.80 bits per heavy atom. The summed E-state index contributed by atoms with van der Waals surface area (Å²) in [5.74, 6) is 0.411. The van der Waals surface area contributed by atoms with E-state index in [9.17, 15) is 13.2 Å². The highest BCUT2D eigenvalue weighted by atomic mass is 79.9. The maximum absolute atomic E-state index is 12.8. The molecule has 1 aliphatic heterocycles. The third kappa shape index (κ3) is 4.41. The number of hydrogen-bond acceptors (Lipinski definition) is 4. The average Bonchev–Trinajstić information content (AvgIpc) is 2.95. The molecule has 1 fully saturated rings. The third-order valence-corrected chi connectivity index (χ3v) is 6.47. The normalized spacial score (nSPS) is 18.7. The number of benzene rings is 2. The Balaban J connectivity index is 1.79. The van der Waals surface area contributed by atoms with Gasteiger partial charge < -0.3 is 9.64 Å². The number of halogens is 1. The summed E-state index contributed by atoms with van der Waals surface area (Å²) in [6, 6.07) is 16.0. The monoisotopic (exact) mass is 423 g/mol. The molecular weight excluding hydrogens is 406 g/mol. The number of anilines is 1. The molecule has 7 heteroatoms. The number of nitrogens with zero attached hydrogens (tertiary/aromatic N) is 1. The molecule has 25 heavy (non-hydrogen) atoms. The van der Waals surface area contributed by atoms with E-state index in [-0.39, 0.29) is 30.1 Å². The van der Waals surface area contributed by atoms with Crippen LogP contribution in [0.15, 0.2) is 59.1 Å². The number of rotatable bonds is 5. The van der Waals surface area contributed by atoms with Gasteiger partial charge in [0.2, 0.25) is 0 Å². The summed E-state index contributed by atoms with van der Waals surface area (Å²) in [4.78, 5) is 14.4. The molecule has 0 bridgehead atoms. The summed E-state index contributed by atoms with van der Waals surface area (Å²) < 4.78 is 30.1. The second kappa shape index (κ2) is 7.58. The van der Waals surface area contributed by atoms with Gasteiger partial charge in [-0.15, -0.1) is 0 Å². The number of amides is 1. The molecule has 0 N–H and O–H groups in total. The molecule has 5 nitrogen and oxygen atoms in total. The second-order valence-corrected chi connectivity index (χ2v) is 8.96. The molecule has 0 unspecified atom stereocenters. The standard InChI is InChI=1S/C18H18BrNO4S/c19-16-8-4-5-9-17(16)24-12-18(21)20(14-6-2-1-3-7-14)15-10-11-25(22,23)13-15/h1-9,15H,10-13H2/t15-/m1/s1. The lowest BCUT2D eigenvalue weighted by Crippen LogP contribution is -2.43. The zero-order valence-electron chi connectivity index (χ0n) is 13.5. The number of carbonyl (C=O) groups is 1. The van der Waals surface area contributed by atoms with Crippen LogP contribution >= 0.6 is 15.9 Å². The maximum atomic E-state index is 12.8. The van der Waals surface area contributed by atoms with Gasteiger partial charge in [0.05, 0.1) is 22.0 Å². The van der Waals surface area contributed by atoms with Gasteiger partial charge >= 0.3 is 0 Å². The van der Waals surface area contributed by atoms with Crippen molar-refractivity contribution in [3.63, 3.8) is 0 Å². The highest BCUT2D eigenvalue weighted by Crippen LogP contribution is 2.26. The Labute approximate surface area is 155 Å². The lowest BCUT2D eigenvalue weighted by Gasteiger charge is -2.28. The summed E-state index contributed by atoms with van der Waals surface area (Å²) in [6.07, 6.45) is 0.442. The number of sulfone groups is 1. The topological polar surface area (TPSA) is 63.7 Å². The van der Waals surface area contributed by atoms with E-state index < -0.39 is 9.84 Å². The maximum Gasteiger partial charge on any atom is 0.265 e. The molecule has 3 rings (SSSR count). The molecular formula is C18H18BrNO4S. The van der Waals surface area contributed by atoms with E-state index in [4.69, 9.17) is 4.74 Å². The molecule has 0 saturated carbocycles. The van der Waals surface area contributed by atoms with E-state index in [1.54, 1.807) is 23.1 Å². The van der Waals surface area contributed by atoms with Gasteiger partial charge in [-0.05, 0) is 46.6 Å². The van der Waals surface area contributed by atoms with Crippen molar-refractivity contribution in [3.05, 3.63) is 59.1 Å². The van der Waals surface area contributed by atoms with E-state index in [0.717, 1.165) is 4.47 Å². The van der Waals surface area contributed by atoms with Crippen LogP contribution in [0.25, 0.3) is 0 Å². The molecule has 0 radical (unpaired) electrons. The van der Waals surface area contributed by atoms with Crippen molar-refractivity contribution in [1.82, 2.24) is 0 Å². The zero-order chi connectivity index (χ0) is 17.9. The molecule has 1 aliphatic rings. The fraction of sp³-hybridized carbons (Fsp3) is 0.278. The van der Waals surface area contributed by atoms with Gasteiger partial charge in [0.15, 0.2) is 16.4 Å². The first-order valence-electron chi connectivity index (χ1n) is 7.91. The number of hydrogen-bond donors (Lipinski definition) is 0. The highest BCUT2D eigenvalue weighted by Gasteiger charge is 2.35. The predicted octanol–water partition coefficient (Wildman–Crippen LogP) is 3.05. The summed E-state index contributed by atoms with van der Waals surface area (Å²) in [6.45, 7) is -0.159. The molecule has 1 atom stereocenters. The van der Waals surface area contributed by atoms with Crippen LogP contribution in [0.4, 0.5) is 5.69 Å². The molecule has 0 aliphatic carbocycles. The van der Waals surface area contributed by atoms with Crippen LogP contribution in [-0.4, -0.2) is 38.5 Å². The molecule has 1 amide bonds. The zero-order valence-corrected chi connectivity index (χ0v) is 15.9. The molecule has 2 aromatic carbocycles. The van der Waals surface area contributed by atoms with Gasteiger partial charge in [-0.25, -0.2) is 8.42 Å². The molecule has 2 aromatic rings. The smallest absolute Gasteiger partial charge is 0.265 e. The van der Waals surface area contributed by atoms with E-state index in [1.165, 1.54) is 0 Å². The number of carbonyl (C=O) groups excluding carboxylic acids is 1. The Hall–Kier alpha value is -1.86. The Kier molecular flexibility index (Phi) is 5.44. The SMILES string of the molecule is O=C(COc1ccccc1Br)N(c1ccccc1)[C@@H]1CCS(=O)(=O)C1. The minimum absolute atomic E-state index is 0.0112. The summed E-state index contributed by atoms with van der Waals surface area (Å²) >= 11 is 3.38. The van der Waals surface area contributed by atoms with Crippen molar-refractivity contribution in [2.75, 3.05) is 23.0 Å². The molecule has 0 spiro atoms. The van der Waals surface area contributed by atoms with Crippen molar-refractivity contribution in [1.29, 1.82) is 0 Å². The van der Waals surface area contributed by atoms with E-state index in [0.29, 0.717) is 17.9 Å². The quantitative estimate of drug-likeness (QED) is 0.740. The summed E-state index contributed by atoms with van der Waals surface area (Å²) in [7, 11) is -3.10. The molecule has 0 aromatic heterocycles. The Bertz CT molecular complexity index is 854. The summed E-state index contributed by atoms with van der Waals surface area (Å²) in [5, 5.41) is 0. The van der Waals surface area contributed by atoms with Gasteiger partial charge in [-0.1, -0.05) is 30.3 Å². The minimum Gasteiger partial charge on any atom is -0.483 e. The fourth-order valence-corrected chi connectivity index (χ4v) is 5.00. The Morgan fingerprint density at radius 3 is 2.44 bits per heavy atom. The van der Waals surface area contributed by atoms with Crippen LogP contribution in [0.5, 0.6) is 5.75 Å². The largest absolute Gasteiger partial charge is 0.483 e. The number of para-hydroxylation sites is 2. The van der Waals surface area contributed by atoms with Crippen LogP contribution in [-0.2, 0) is 14.6 Å². The van der Waals surface area contributed by atoms with Crippen molar-refractivity contribution in [2.45, 2.75) is 12.5 Å². The van der Waals surface area contributed by atoms with Crippen molar-refractivity contribution >= 4 is 37.4 Å². The lowest BCUT2D eigenvalue weighted by molar-refractivity contribution is -0.121. The average molecular weight is 424 g/mol. The third-order valence-electron chi connectivity index (χ3n) is 4.06. The first-order chi connectivity index (χ1) is 12.0. The first-order valence-corrected chi connectivity index (χ1v) is 10.5. The Morgan fingerprint density at radius 1 is 1.12 bits per heavy atom. The fourth-order valence-electron chi connectivity index (χ4n) is 2.90. The van der Waals surface area contributed by atoms with Crippen LogP contribution in [0, 0.1) is 0 Å². The molecule has 1 saturated heterocycles. The highest BCUT2D eigenvalue weighted by molar-refractivity contribution is 9.10. The molecule has 132 valence electrons. The van der Waals surface area contributed by atoms with Crippen molar-refractivity contribution in [3.8, 4) is 5.75 Å². The van der Waals surface area contributed by atoms with Gasteiger partial charge in [0.25, 0.3) is 5.91 Å². The van der Waals surface area contributed by atoms with Crippen molar-refractivity contribution in [2.24, 2.45) is 0 Å². The first kappa shape index (κ1) is 17.9. The van der Waals surface area contributed by atoms with Gasteiger partial charge in [0, 0.05) is 5.69 Å². The molecule has 1 heterocycles. The predicted molar refractivity (Wildman–Crippen MR) is 101 cm³/mol. The van der Waals surface area contributed by atoms with Gasteiger partial charge in [0.1, 0.15) is 5.75 Å². The van der Waals surface area contributed by atoms with E-state index in [2.05, 4.69) is 15.9 Å². The van der Waals surface area contributed by atoms with Crippen LogP contribution < -0.4 is 9.64 Å². The van der Waals surface area contributed by atoms with Gasteiger partial charge in [-0.3, -0.25) is 4.79 Å². The van der Waals surface area contributed by atoms with E-state index >= 15 is 0 Å². The van der Waals surface area contributed by atoms with E-state index in [1.807, 2.05) is 36.4 Å². The van der Waals surface area contributed by atoms with Crippen LogP contribution in [0.2, 0.25) is 0 Å². The van der Waals surface area contributed by atoms with Gasteiger partial charge in [-0.2, -0.15) is 0 Å². The van der Waals surface area contributed by atoms with Crippen LogP contribution in [0.3, 0.4) is 0 Å². The number of ether oxygens (including phenoxy) is 1. The summed E-state index contributed by atoms with van der Waals surface area (Å²) in [5.41, 5.74) is 0.685.